The molecule has 0 aromatic carbocycles. The first-order chi connectivity index (χ1) is 8.20. The smallest absolute Gasteiger partial charge is 0.420 e. The van der Waals surface area contributed by atoms with E-state index in [-0.39, 0.29) is 0 Å². The van der Waals surface area contributed by atoms with Crippen molar-refractivity contribution >= 4 is 11.8 Å². The van der Waals surface area contributed by atoms with Crippen LogP contribution < -0.4 is 5.73 Å². The number of hydrogen-bond acceptors (Lipinski definition) is 4. The number of esters is 1. The van der Waals surface area contributed by atoms with E-state index in [1.807, 2.05) is 0 Å². The highest BCUT2D eigenvalue weighted by Crippen LogP contribution is 2.39. The van der Waals surface area contributed by atoms with E-state index < -0.39 is 41.1 Å². The molecule has 0 aliphatic carbocycles. The zero-order valence-corrected chi connectivity index (χ0v) is 8.89. The molecule has 0 radical (unpaired) electrons. The number of methoxy groups -OCH3 is 1. The number of halogens is 5. The molecule has 0 saturated carbocycles. The second-order valence-electron chi connectivity index (χ2n) is 3.14. The van der Waals surface area contributed by atoms with E-state index in [1.165, 1.54) is 0 Å². The Hall–Kier alpha value is -1.93. The summed E-state index contributed by atoms with van der Waals surface area (Å²) >= 11 is 0. The Bertz CT molecular complexity index is 473. The highest BCUT2D eigenvalue weighted by Gasteiger charge is 2.41. The van der Waals surface area contributed by atoms with Crippen molar-refractivity contribution in [1.82, 2.24) is 4.98 Å². The van der Waals surface area contributed by atoms with Gasteiger partial charge >= 0.3 is 12.1 Å². The molecule has 1 aromatic heterocycles. The van der Waals surface area contributed by atoms with Gasteiger partial charge in [-0.15, -0.1) is 0 Å². The van der Waals surface area contributed by atoms with Gasteiger partial charge in [-0.25, -0.2) is 18.6 Å². The molecule has 100 valence electrons. The SMILES string of the molecule is COC(=O)c1c(C(F)F)cnc(N)c1C(F)(F)F. The lowest BCUT2D eigenvalue weighted by Gasteiger charge is -2.16. The average Bonchev–Trinajstić information content (AvgIpc) is 2.25. The minimum atomic E-state index is -5.09. The number of rotatable bonds is 2. The molecule has 0 fully saturated rings. The van der Waals surface area contributed by atoms with Crippen LogP contribution in [-0.2, 0) is 10.9 Å². The summed E-state index contributed by atoms with van der Waals surface area (Å²) in [4.78, 5) is 14.2. The number of carbonyl (C=O) groups is 1. The minimum absolute atomic E-state index is 0.418. The maximum absolute atomic E-state index is 12.7. The molecule has 0 unspecified atom stereocenters. The highest BCUT2D eigenvalue weighted by atomic mass is 19.4. The van der Waals surface area contributed by atoms with Crippen LogP contribution in [0.5, 0.6) is 0 Å². The number of alkyl halides is 5. The molecule has 4 nitrogen and oxygen atoms in total. The number of aromatic nitrogens is 1. The van der Waals surface area contributed by atoms with Crippen molar-refractivity contribution in [3.8, 4) is 0 Å². The van der Waals surface area contributed by atoms with E-state index in [9.17, 15) is 26.7 Å². The summed E-state index contributed by atoms with van der Waals surface area (Å²) in [5, 5.41) is 0. The van der Waals surface area contributed by atoms with Crippen LogP contribution in [0.4, 0.5) is 27.8 Å². The number of nitrogens with two attached hydrogens (primary N) is 1. The minimum Gasteiger partial charge on any atom is -0.465 e. The fraction of sp³-hybridized carbons (Fsp3) is 0.333. The van der Waals surface area contributed by atoms with Crippen LogP contribution in [-0.4, -0.2) is 18.1 Å². The summed E-state index contributed by atoms with van der Waals surface area (Å²) in [6.07, 6.45) is -7.99. The Morgan fingerprint density at radius 1 is 1.44 bits per heavy atom. The van der Waals surface area contributed by atoms with Crippen LogP contribution in [0.3, 0.4) is 0 Å². The molecule has 2 N–H and O–H groups in total. The lowest BCUT2D eigenvalue weighted by molar-refractivity contribution is -0.137. The van der Waals surface area contributed by atoms with Crippen LogP contribution in [0.2, 0.25) is 0 Å². The fourth-order valence-corrected chi connectivity index (χ4v) is 1.31. The van der Waals surface area contributed by atoms with Crippen LogP contribution in [0, 0.1) is 0 Å². The number of nitrogens with zero attached hydrogens (tertiary/aromatic N) is 1. The quantitative estimate of drug-likeness (QED) is 0.662. The zero-order valence-electron chi connectivity index (χ0n) is 8.89. The van der Waals surface area contributed by atoms with Crippen molar-refractivity contribution in [1.29, 1.82) is 0 Å². The first-order valence-corrected chi connectivity index (χ1v) is 4.42. The maximum Gasteiger partial charge on any atom is 0.420 e. The molecule has 1 heterocycles. The van der Waals surface area contributed by atoms with Gasteiger partial charge in [-0.1, -0.05) is 0 Å². The van der Waals surface area contributed by atoms with Gasteiger partial charge in [-0.3, -0.25) is 0 Å². The molecule has 18 heavy (non-hydrogen) atoms. The molecule has 0 aliphatic rings. The predicted molar refractivity (Wildman–Crippen MR) is 49.9 cm³/mol. The first-order valence-electron chi connectivity index (χ1n) is 4.42. The first kappa shape index (κ1) is 14.1. The van der Waals surface area contributed by atoms with Gasteiger partial charge in [0.25, 0.3) is 6.43 Å². The Balaban J connectivity index is 3.67. The van der Waals surface area contributed by atoms with Crippen molar-refractivity contribution in [2.24, 2.45) is 0 Å². The van der Waals surface area contributed by atoms with Gasteiger partial charge < -0.3 is 10.5 Å². The zero-order chi connectivity index (χ0) is 14.1. The third kappa shape index (κ3) is 2.49. The number of anilines is 1. The summed E-state index contributed by atoms with van der Waals surface area (Å²) < 4.78 is 67.2. The molecule has 0 bridgehead atoms. The highest BCUT2D eigenvalue weighted by molar-refractivity contribution is 5.94. The molecule has 1 aromatic rings. The number of carbonyl (C=O) groups excluding carboxylic acids is 1. The maximum atomic E-state index is 12.7. The van der Waals surface area contributed by atoms with Crippen molar-refractivity contribution in [2.75, 3.05) is 12.8 Å². The monoisotopic (exact) mass is 270 g/mol. The van der Waals surface area contributed by atoms with Gasteiger partial charge in [0, 0.05) is 6.20 Å². The number of ether oxygens (including phenoxy) is 1. The molecule has 0 spiro atoms. The van der Waals surface area contributed by atoms with Crippen LogP contribution >= 0.6 is 0 Å². The van der Waals surface area contributed by atoms with E-state index in [0.29, 0.717) is 6.20 Å². The normalized spacial score (nSPS) is 11.7. The Morgan fingerprint density at radius 2 is 2.00 bits per heavy atom. The topological polar surface area (TPSA) is 65.2 Å². The summed E-state index contributed by atoms with van der Waals surface area (Å²) in [7, 11) is 0.772. The Kier molecular flexibility index (Phi) is 3.73. The molecular formula is C9H7F5N2O2. The van der Waals surface area contributed by atoms with Crippen molar-refractivity contribution in [3.05, 3.63) is 22.9 Å². The van der Waals surface area contributed by atoms with E-state index in [1.54, 1.807) is 0 Å². The Labute approximate surface area is 97.6 Å². The van der Waals surface area contributed by atoms with Crippen LogP contribution in [0.15, 0.2) is 6.20 Å². The van der Waals surface area contributed by atoms with Gasteiger partial charge in [0.2, 0.25) is 0 Å². The molecule has 0 saturated heterocycles. The largest absolute Gasteiger partial charge is 0.465 e. The van der Waals surface area contributed by atoms with E-state index >= 15 is 0 Å². The number of hydrogen-bond donors (Lipinski definition) is 1. The second kappa shape index (κ2) is 4.75. The molecule has 0 amide bonds. The third-order valence-electron chi connectivity index (χ3n) is 2.05. The summed E-state index contributed by atoms with van der Waals surface area (Å²) in [5.41, 5.74) is 0.780. The standard InChI is InChI=1S/C9H7F5N2O2/c1-18-8(17)4-3(6(10)11)2-16-7(15)5(4)9(12,13)14/h2,6H,1H3,(H2,15,16). The second-order valence-corrected chi connectivity index (χ2v) is 3.14. The van der Waals surface area contributed by atoms with Crippen LogP contribution in [0.25, 0.3) is 0 Å². The van der Waals surface area contributed by atoms with Crippen molar-refractivity contribution in [3.63, 3.8) is 0 Å². The van der Waals surface area contributed by atoms with Crippen LogP contribution in [0.1, 0.15) is 27.9 Å². The molecule has 9 heteroatoms. The number of pyridine rings is 1. The summed E-state index contributed by atoms with van der Waals surface area (Å²) in [6.45, 7) is 0. The molecular weight excluding hydrogens is 263 g/mol. The van der Waals surface area contributed by atoms with E-state index in [4.69, 9.17) is 5.73 Å². The van der Waals surface area contributed by atoms with Gasteiger partial charge in [-0.2, -0.15) is 13.2 Å². The van der Waals surface area contributed by atoms with Crippen molar-refractivity contribution in [2.45, 2.75) is 12.6 Å². The molecule has 1 rings (SSSR count). The third-order valence-corrected chi connectivity index (χ3v) is 2.05. The van der Waals surface area contributed by atoms with Crippen molar-refractivity contribution < 1.29 is 31.5 Å². The van der Waals surface area contributed by atoms with Gasteiger partial charge in [-0.05, 0) is 0 Å². The van der Waals surface area contributed by atoms with E-state index in [0.717, 1.165) is 7.11 Å². The lowest BCUT2D eigenvalue weighted by Crippen LogP contribution is -2.20. The molecule has 0 aliphatic heterocycles. The fourth-order valence-electron chi connectivity index (χ4n) is 1.31. The average molecular weight is 270 g/mol. The summed E-state index contributed by atoms with van der Waals surface area (Å²) in [6, 6.07) is 0. The lowest BCUT2D eigenvalue weighted by atomic mass is 10.0. The van der Waals surface area contributed by atoms with Gasteiger partial charge in [0.15, 0.2) is 0 Å². The summed E-state index contributed by atoms with van der Waals surface area (Å²) in [5.74, 6) is -2.61. The predicted octanol–water partition coefficient (Wildman–Crippen LogP) is 2.41. The number of nitrogen functional groups attached to an aromatic ring is 1. The van der Waals surface area contributed by atoms with E-state index in [2.05, 4.69) is 9.72 Å². The Morgan fingerprint density at radius 3 is 2.39 bits per heavy atom. The van der Waals surface area contributed by atoms with Gasteiger partial charge in [0.05, 0.1) is 18.2 Å². The molecule has 0 atom stereocenters. The van der Waals surface area contributed by atoms with Gasteiger partial charge in [0.1, 0.15) is 11.4 Å².